The molecule has 2 heterocycles. The van der Waals surface area contributed by atoms with Crippen LogP contribution in [0.1, 0.15) is 107 Å². The van der Waals surface area contributed by atoms with E-state index in [0.717, 1.165) is 19.4 Å². The molecule has 5 heteroatoms. The summed E-state index contributed by atoms with van der Waals surface area (Å²) in [5.41, 5.74) is 0.0534. The zero-order valence-electron chi connectivity index (χ0n) is 24.1. The number of carbonyl (C=O) groups is 1. The lowest BCUT2D eigenvalue weighted by Gasteiger charge is -2.54. The number of ether oxygens (including phenoxy) is 1. The van der Waals surface area contributed by atoms with Crippen molar-refractivity contribution in [3.63, 3.8) is 0 Å². The molecule has 2 aliphatic heterocycles. The number of nitrogens with zero attached hydrogens (tertiary/aromatic N) is 2. The molecule has 198 valence electrons. The Bertz CT molecular complexity index is 855. The first-order valence-corrected chi connectivity index (χ1v) is 13.5. The van der Waals surface area contributed by atoms with Crippen LogP contribution in [0.15, 0.2) is 30.3 Å². The molecule has 35 heavy (non-hydrogen) atoms. The number of likely N-dealkylation sites (tertiary alicyclic amines) is 1. The van der Waals surface area contributed by atoms with E-state index in [1.165, 1.54) is 12.0 Å². The summed E-state index contributed by atoms with van der Waals surface area (Å²) in [4.78, 5) is 23.1. The summed E-state index contributed by atoms with van der Waals surface area (Å²) in [6.45, 7) is 24.5. The molecule has 0 unspecified atom stereocenters. The van der Waals surface area contributed by atoms with Crippen LogP contribution in [-0.4, -0.2) is 50.8 Å². The zero-order chi connectivity index (χ0) is 26.4. The van der Waals surface area contributed by atoms with Crippen molar-refractivity contribution in [3.8, 4) is 0 Å². The quantitative estimate of drug-likeness (QED) is 0.415. The highest BCUT2D eigenvalue weighted by Crippen LogP contribution is 2.47. The molecule has 0 aromatic heterocycles. The fourth-order valence-electron chi connectivity index (χ4n) is 6.39. The van der Waals surface area contributed by atoms with Crippen LogP contribution in [0.3, 0.4) is 0 Å². The van der Waals surface area contributed by atoms with Gasteiger partial charge in [0.05, 0.1) is 11.5 Å². The number of benzene rings is 1. The molecular formula is C30H50N2O3. The van der Waals surface area contributed by atoms with Gasteiger partial charge in [-0.05, 0) is 101 Å². The normalized spacial score (nSPS) is 28.6. The molecule has 0 saturated carbocycles. The predicted octanol–water partition coefficient (Wildman–Crippen LogP) is 6.78. The minimum Gasteiger partial charge on any atom is -0.460 e. The summed E-state index contributed by atoms with van der Waals surface area (Å²) in [6.07, 6.45) is 3.39. The van der Waals surface area contributed by atoms with Gasteiger partial charge in [0.15, 0.2) is 0 Å². The Morgan fingerprint density at radius 2 is 1.54 bits per heavy atom. The summed E-state index contributed by atoms with van der Waals surface area (Å²) < 4.78 is 5.99. The number of piperidine rings is 1. The van der Waals surface area contributed by atoms with E-state index in [0.29, 0.717) is 0 Å². The number of hydrogen-bond donors (Lipinski definition) is 0. The maximum atomic E-state index is 13.7. The van der Waals surface area contributed by atoms with Gasteiger partial charge < -0.3 is 4.74 Å². The van der Waals surface area contributed by atoms with Gasteiger partial charge in [-0.1, -0.05) is 30.3 Å². The lowest BCUT2D eigenvalue weighted by atomic mass is 9.79. The summed E-state index contributed by atoms with van der Waals surface area (Å²) in [7, 11) is 0. The summed E-state index contributed by atoms with van der Waals surface area (Å²) in [5, 5.41) is 2.24. The number of carbonyl (C=O) groups excluding carboxylic acids is 1. The maximum Gasteiger partial charge on any atom is 0.311 e. The Morgan fingerprint density at radius 3 is 2.06 bits per heavy atom. The van der Waals surface area contributed by atoms with Crippen LogP contribution in [0.25, 0.3) is 0 Å². The van der Waals surface area contributed by atoms with Crippen molar-refractivity contribution in [2.24, 2.45) is 11.8 Å². The Kier molecular flexibility index (Phi) is 7.88. The summed E-state index contributed by atoms with van der Waals surface area (Å²) in [6, 6.07) is 10.8. The van der Waals surface area contributed by atoms with Gasteiger partial charge in [-0.15, -0.1) is 0 Å². The van der Waals surface area contributed by atoms with Crippen molar-refractivity contribution in [2.75, 3.05) is 6.54 Å². The molecule has 0 radical (unpaired) electrons. The first-order chi connectivity index (χ1) is 16.0. The maximum absolute atomic E-state index is 13.7. The Balaban J connectivity index is 1.96. The SMILES string of the molecule is C[C@H](c1ccccc1)N1C[C@@H](C(C)(C)ON2C(C)(C)CCCC2(C)C)[C@H](C(=O)OC(C)(C)C)[C@H]1C. The molecule has 0 bridgehead atoms. The molecule has 3 rings (SSSR count). The van der Waals surface area contributed by atoms with Gasteiger partial charge in [0.2, 0.25) is 0 Å². The second-order valence-corrected chi connectivity index (χ2v) is 13.7. The third-order valence-electron chi connectivity index (χ3n) is 8.24. The van der Waals surface area contributed by atoms with Crippen molar-refractivity contribution >= 4 is 5.97 Å². The Labute approximate surface area is 214 Å². The van der Waals surface area contributed by atoms with Crippen LogP contribution in [0.2, 0.25) is 0 Å². The molecule has 2 fully saturated rings. The van der Waals surface area contributed by atoms with E-state index >= 15 is 0 Å². The standard InChI is InChI=1S/C30H50N2O3/c1-21(23-16-13-12-14-17-23)31-20-24(25(22(31)2)26(33)34-27(3,4)5)30(10,11)35-32-28(6,7)18-15-19-29(32,8)9/h12-14,16-17,21-22,24-25H,15,18-20H2,1-11H3/t21-,22-,24-,25-/m1/s1. The average Bonchev–Trinajstić information content (AvgIpc) is 3.08. The molecule has 1 aromatic carbocycles. The fourth-order valence-corrected chi connectivity index (χ4v) is 6.39. The molecule has 2 saturated heterocycles. The van der Waals surface area contributed by atoms with Gasteiger partial charge >= 0.3 is 5.97 Å². The van der Waals surface area contributed by atoms with Crippen molar-refractivity contribution < 1.29 is 14.4 Å². The molecule has 1 aromatic rings. The van der Waals surface area contributed by atoms with Crippen LogP contribution in [0.4, 0.5) is 0 Å². The van der Waals surface area contributed by atoms with E-state index in [1.54, 1.807) is 0 Å². The van der Waals surface area contributed by atoms with E-state index in [4.69, 9.17) is 9.57 Å². The van der Waals surface area contributed by atoms with E-state index in [9.17, 15) is 4.79 Å². The van der Waals surface area contributed by atoms with Gasteiger partial charge in [-0.2, -0.15) is 5.06 Å². The lowest BCUT2D eigenvalue weighted by molar-refractivity contribution is -0.340. The predicted molar refractivity (Wildman–Crippen MR) is 143 cm³/mol. The van der Waals surface area contributed by atoms with Gasteiger partial charge in [-0.3, -0.25) is 14.5 Å². The number of esters is 1. The van der Waals surface area contributed by atoms with E-state index in [2.05, 4.69) is 95.7 Å². The smallest absolute Gasteiger partial charge is 0.311 e. The third kappa shape index (κ3) is 6.11. The molecule has 0 spiro atoms. The van der Waals surface area contributed by atoms with Crippen molar-refractivity contribution in [2.45, 2.75) is 130 Å². The minimum atomic E-state index is -0.549. The van der Waals surface area contributed by atoms with Crippen LogP contribution < -0.4 is 0 Å². The van der Waals surface area contributed by atoms with Crippen LogP contribution >= 0.6 is 0 Å². The van der Waals surface area contributed by atoms with Crippen molar-refractivity contribution in [1.82, 2.24) is 9.96 Å². The topological polar surface area (TPSA) is 42.0 Å². The summed E-state index contributed by atoms with van der Waals surface area (Å²) in [5.74, 6) is -0.398. The average molecular weight is 487 g/mol. The van der Waals surface area contributed by atoms with Crippen LogP contribution in [-0.2, 0) is 14.4 Å². The van der Waals surface area contributed by atoms with Crippen molar-refractivity contribution in [1.29, 1.82) is 0 Å². The first-order valence-electron chi connectivity index (χ1n) is 13.5. The van der Waals surface area contributed by atoms with Crippen LogP contribution in [0, 0.1) is 11.8 Å². The Hall–Kier alpha value is -1.43. The highest BCUT2D eigenvalue weighted by Gasteiger charge is 2.55. The molecule has 0 aliphatic carbocycles. The zero-order valence-corrected chi connectivity index (χ0v) is 24.1. The van der Waals surface area contributed by atoms with Gasteiger partial charge in [0.25, 0.3) is 0 Å². The molecule has 2 aliphatic rings. The largest absolute Gasteiger partial charge is 0.460 e. The highest BCUT2D eigenvalue weighted by atomic mass is 16.7. The molecule has 0 amide bonds. The number of hydroxylamine groups is 2. The lowest BCUT2D eigenvalue weighted by Crippen LogP contribution is -2.62. The van der Waals surface area contributed by atoms with Crippen molar-refractivity contribution in [3.05, 3.63) is 35.9 Å². The number of rotatable bonds is 6. The highest BCUT2D eigenvalue weighted by molar-refractivity contribution is 5.75. The second-order valence-electron chi connectivity index (χ2n) is 13.7. The first kappa shape index (κ1) is 28.1. The molecule has 4 atom stereocenters. The van der Waals surface area contributed by atoms with Crippen LogP contribution in [0.5, 0.6) is 0 Å². The van der Waals surface area contributed by atoms with E-state index < -0.39 is 11.2 Å². The second kappa shape index (κ2) is 9.79. The fraction of sp³-hybridized carbons (Fsp3) is 0.767. The van der Waals surface area contributed by atoms with Gasteiger partial charge in [0.1, 0.15) is 5.60 Å². The summed E-state index contributed by atoms with van der Waals surface area (Å²) >= 11 is 0. The Morgan fingerprint density at radius 1 is 1.00 bits per heavy atom. The van der Waals surface area contributed by atoms with Gasteiger partial charge in [0, 0.05) is 35.6 Å². The molecular weight excluding hydrogens is 436 g/mol. The molecule has 5 nitrogen and oxygen atoms in total. The monoisotopic (exact) mass is 486 g/mol. The third-order valence-corrected chi connectivity index (χ3v) is 8.24. The minimum absolute atomic E-state index is 0.00737. The van der Waals surface area contributed by atoms with E-state index in [1.807, 2.05) is 20.8 Å². The number of hydrogen-bond acceptors (Lipinski definition) is 5. The van der Waals surface area contributed by atoms with E-state index in [-0.39, 0.29) is 41.0 Å². The van der Waals surface area contributed by atoms with Gasteiger partial charge in [-0.25, -0.2) is 0 Å². The molecule has 0 N–H and O–H groups in total.